The number of aromatic nitrogens is 2. The summed E-state index contributed by atoms with van der Waals surface area (Å²) in [5.41, 5.74) is 7.16. The van der Waals surface area contributed by atoms with Crippen molar-refractivity contribution in [3.63, 3.8) is 0 Å². The lowest BCUT2D eigenvalue weighted by molar-refractivity contribution is 0.410. The summed E-state index contributed by atoms with van der Waals surface area (Å²) in [6.07, 6.45) is 7.72. The van der Waals surface area contributed by atoms with Gasteiger partial charge in [0, 0.05) is 24.8 Å². The largest absolute Gasteiger partial charge is 0.331 e. The molecule has 0 amide bonds. The minimum absolute atomic E-state index is 0.227. The second kappa shape index (κ2) is 5.85. The van der Waals surface area contributed by atoms with Gasteiger partial charge in [-0.05, 0) is 39.0 Å². The van der Waals surface area contributed by atoms with Gasteiger partial charge in [-0.15, -0.1) is 0 Å². The van der Waals surface area contributed by atoms with Crippen LogP contribution in [0.2, 0.25) is 0 Å². The smallest absolute Gasteiger partial charge is 0.0951 e. The van der Waals surface area contributed by atoms with Crippen LogP contribution in [0.1, 0.15) is 57.8 Å². The highest BCUT2D eigenvalue weighted by Crippen LogP contribution is 2.27. The Bertz CT molecular complexity index is 372. The maximum Gasteiger partial charge on any atom is 0.0951 e. The highest BCUT2D eigenvalue weighted by molar-refractivity contribution is 5.08. The lowest BCUT2D eigenvalue weighted by Crippen LogP contribution is -2.36. The second-order valence-corrected chi connectivity index (χ2v) is 5.89. The molecule has 1 heterocycles. The molecule has 3 atom stereocenters. The first-order valence-corrected chi connectivity index (χ1v) is 7.09. The quantitative estimate of drug-likeness (QED) is 0.842. The van der Waals surface area contributed by atoms with E-state index in [1.807, 2.05) is 12.5 Å². The Morgan fingerprint density at radius 2 is 2.28 bits per heavy atom. The van der Waals surface area contributed by atoms with Crippen LogP contribution < -0.4 is 11.1 Å². The van der Waals surface area contributed by atoms with Crippen molar-refractivity contribution < 1.29 is 0 Å². The van der Waals surface area contributed by atoms with Gasteiger partial charge in [-0.3, -0.25) is 0 Å². The Balaban J connectivity index is 2.06. The zero-order valence-corrected chi connectivity index (χ0v) is 11.8. The average Bonchev–Trinajstić information content (AvgIpc) is 2.94. The lowest BCUT2D eigenvalue weighted by atomic mass is 10.1. The molecule has 4 heteroatoms. The summed E-state index contributed by atoms with van der Waals surface area (Å²) in [5.74, 6) is 0.843. The van der Waals surface area contributed by atoms with E-state index in [1.54, 1.807) is 0 Å². The zero-order valence-electron chi connectivity index (χ0n) is 11.8. The van der Waals surface area contributed by atoms with Gasteiger partial charge in [0.2, 0.25) is 0 Å². The molecule has 4 nitrogen and oxygen atoms in total. The van der Waals surface area contributed by atoms with Gasteiger partial charge in [0.1, 0.15) is 0 Å². The number of nitrogens with two attached hydrogens (primary N) is 1. The van der Waals surface area contributed by atoms with E-state index in [0.717, 1.165) is 5.92 Å². The van der Waals surface area contributed by atoms with Gasteiger partial charge >= 0.3 is 0 Å². The molecule has 1 aliphatic carbocycles. The number of hydrogen-bond acceptors (Lipinski definition) is 3. The Labute approximate surface area is 110 Å². The summed E-state index contributed by atoms with van der Waals surface area (Å²) in [7, 11) is 0. The van der Waals surface area contributed by atoms with Crippen molar-refractivity contribution >= 4 is 0 Å². The highest BCUT2D eigenvalue weighted by atomic mass is 15.1. The third kappa shape index (κ3) is 2.93. The third-order valence-corrected chi connectivity index (χ3v) is 3.98. The summed E-state index contributed by atoms with van der Waals surface area (Å²) >= 11 is 0. The zero-order chi connectivity index (χ0) is 13.1. The number of nitrogens with zero attached hydrogens (tertiary/aromatic N) is 2. The lowest BCUT2D eigenvalue weighted by Gasteiger charge is -2.24. The minimum Gasteiger partial charge on any atom is -0.331 e. The predicted molar refractivity (Wildman–Crippen MR) is 74.3 cm³/mol. The molecule has 0 aliphatic heterocycles. The van der Waals surface area contributed by atoms with Crippen LogP contribution in [0, 0.1) is 5.92 Å². The fourth-order valence-corrected chi connectivity index (χ4v) is 2.93. The maximum absolute atomic E-state index is 5.94. The Kier molecular flexibility index (Phi) is 4.40. The molecule has 0 spiro atoms. The van der Waals surface area contributed by atoms with Crippen molar-refractivity contribution in [3.05, 3.63) is 18.2 Å². The molecule has 2 rings (SSSR count). The van der Waals surface area contributed by atoms with Crippen LogP contribution in [0.5, 0.6) is 0 Å². The van der Waals surface area contributed by atoms with Gasteiger partial charge in [0.15, 0.2) is 0 Å². The molecule has 1 fully saturated rings. The Morgan fingerprint density at radius 3 is 2.83 bits per heavy atom. The predicted octanol–water partition coefficient (Wildman–Crippen LogP) is 2.24. The molecule has 3 unspecified atom stereocenters. The molecule has 0 bridgehead atoms. The molecule has 0 radical (unpaired) electrons. The standard InChI is InChI=1S/C14H26N4/c1-10(2)18-9-16-8-14(18)13(7-15)17-12-5-4-11(3)6-12/h8-13,17H,4-7,15H2,1-3H3. The summed E-state index contributed by atoms with van der Waals surface area (Å²) in [6.45, 7) is 7.31. The van der Waals surface area contributed by atoms with Crippen LogP contribution in [0.25, 0.3) is 0 Å². The van der Waals surface area contributed by atoms with E-state index in [2.05, 4.69) is 35.6 Å². The van der Waals surface area contributed by atoms with Crippen molar-refractivity contribution in [3.8, 4) is 0 Å². The van der Waals surface area contributed by atoms with Crippen LogP contribution in [0.3, 0.4) is 0 Å². The van der Waals surface area contributed by atoms with Gasteiger partial charge in [-0.1, -0.05) is 6.92 Å². The van der Waals surface area contributed by atoms with Crippen molar-refractivity contribution in [2.45, 2.75) is 58.2 Å². The first-order chi connectivity index (χ1) is 8.61. The van der Waals surface area contributed by atoms with E-state index in [-0.39, 0.29) is 6.04 Å². The van der Waals surface area contributed by atoms with Gasteiger partial charge in [0.25, 0.3) is 0 Å². The van der Waals surface area contributed by atoms with Crippen molar-refractivity contribution in [1.82, 2.24) is 14.9 Å². The number of imidazole rings is 1. The van der Waals surface area contributed by atoms with Crippen LogP contribution in [-0.2, 0) is 0 Å². The van der Waals surface area contributed by atoms with E-state index in [4.69, 9.17) is 5.73 Å². The maximum atomic E-state index is 5.94. The average molecular weight is 250 g/mol. The van der Waals surface area contributed by atoms with Crippen molar-refractivity contribution in [1.29, 1.82) is 0 Å². The molecule has 1 saturated carbocycles. The first-order valence-electron chi connectivity index (χ1n) is 7.09. The van der Waals surface area contributed by atoms with E-state index < -0.39 is 0 Å². The van der Waals surface area contributed by atoms with Crippen LogP contribution in [-0.4, -0.2) is 22.1 Å². The molecule has 18 heavy (non-hydrogen) atoms. The van der Waals surface area contributed by atoms with E-state index >= 15 is 0 Å². The van der Waals surface area contributed by atoms with Gasteiger partial charge in [-0.2, -0.15) is 0 Å². The first kappa shape index (κ1) is 13.6. The molecule has 0 saturated heterocycles. The summed E-state index contributed by atoms with van der Waals surface area (Å²) in [6, 6.07) is 1.27. The summed E-state index contributed by atoms with van der Waals surface area (Å²) in [4.78, 5) is 4.27. The molecule has 1 aromatic rings. The fourth-order valence-electron chi connectivity index (χ4n) is 2.93. The topological polar surface area (TPSA) is 55.9 Å². The van der Waals surface area contributed by atoms with Crippen LogP contribution >= 0.6 is 0 Å². The summed E-state index contributed by atoms with van der Waals surface area (Å²) < 4.78 is 2.21. The normalized spacial score (nSPS) is 25.8. The van der Waals surface area contributed by atoms with Crippen LogP contribution in [0.15, 0.2) is 12.5 Å². The minimum atomic E-state index is 0.227. The van der Waals surface area contributed by atoms with Gasteiger partial charge < -0.3 is 15.6 Å². The fraction of sp³-hybridized carbons (Fsp3) is 0.786. The monoisotopic (exact) mass is 250 g/mol. The Hall–Kier alpha value is -0.870. The SMILES string of the molecule is CC1CCC(NC(CN)c2cncn2C(C)C)C1. The molecular formula is C14H26N4. The second-order valence-electron chi connectivity index (χ2n) is 5.89. The van der Waals surface area contributed by atoms with Gasteiger partial charge in [-0.25, -0.2) is 4.98 Å². The van der Waals surface area contributed by atoms with Crippen molar-refractivity contribution in [2.24, 2.45) is 11.7 Å². The van der Waals surface area contributed by atoms with Gasteiger partial charge in [0.05, 0.1) is 18.1 Å². The number of nitrogens with one attached hydrogen (secondary N) is 1. The highest BCUT2D eigenvalue weighted by Gasteiger charge is 2.25. The molecule has 0 aromatic carbocycles. The molecule has 102 valence electrons. The molecule has 3 N–H and O–H groups in total. The Morgan fingerprint density at radius 1 is 1.50 bits per heavy atom. The van der Waals surface area contributed by atoms with Crippen LogP contribution in [0.4, 0.5) is 0 Å². The third-order valence-electron chi connectivity index (χ3n) is 3.98. The molecule has 1 aromatic heterocycles. The molecule has 1 aliphatic rings. The van der Waals surface area contributed by atoms with E-state index in [0.29, 0.717) is 18.6 Å². The number of rotatable bonds is 5. The van der Waals surface area contributed by atoms with Crippen molar-refractivity contribution in [2.75, 3.05) is 6.54 Å². The summed E-state index contributed by atoms with van der Waals surface area (Å²) in [5, 5.41) is 3.71. The van der Waals surface area contributed by atoms with E-state index in [1.165, 1.54) is 25.0 Å². The molecular weight excluding hydrogens is 224 g/mol. The number of hydrogen-bond donors (Lipinski definition) is 2. The van der Waals surface area contributed by atoms with E-state index in [9.17, 15) is 0 Å².